The van der Waals surface area contributed by atoms with E-state index in [9.17, 15) is 10.1 Å². The van der Waals surface area contributed by atoms with Crippen LogP contribution in [-0.4, -0.2) is 26.9 Å². The SMILES string of the molecule is CCCC(CN)Nc1nc2sccn2c1[N+](=O)[O-]. The number of nitro groups is 1. The van der Waals surface area contributed by atoms with Crippen LogP contribution in [0.4, 0.5) is 11.6 Å². The van der Waals surface area contributed by atoms with Crippen LogP contribution in [0.1, 0.15) is 19.8 Å². The Bertz CT molecular complexity index is 549. The molecule has 18 heavy (non-hydrogen) atoms. The summed E-state index contributed by atoms with van der Waals surface area (Å²) in [4.78, 5) is 15.5. The summed E-state index contributed by atoms with van der Waals surface area (Å²) in [6, 6.07) is 0.0123. The quantitative estimate of drug-likeness (QED) is 0.616. The minimum Gasteiger partial charge on any atom is -0.359 e. The van der Waals surface area contributed by atoms with E-state index in [-0.39, 0.29) is 11.9 Å². The van der Waals surface area contributed by atoms with Crippen LogP contribution in [0.5, 0.6) is 0 Å². The summed E-state index contributed by atoms with van der Waals surface area (Å²) < 4.78 is 1.48. The lowest BCUT2D eigenvalue weighted by Crippen LogP contribution is -2.29. The van der Waals surface area contributed by atoms with Crippen molar-refractivity contribution in [2.75, 3.05) is 11.9 Å². The molecule has 0 spiro atoms. The van der Waals surface area contributed by atoms with Crippen LogP contribution in [0.3, 0.4) is 0 Å². The third kappa shape index (κ3) is 2.29. The lowest BCUT2D eigenvalue weighted by atomic mass is 10.2. The van der Waals surface area contributed by atoms with Crippen molar-refractivity contribution in [3.8, 4) is 0 Å². The van der Waals surface area contributed by atoms with Gasteiger partial charge in [-0.2, -0.15) is 9.38 Å². The van der Waals surface area contributed by atoms with Gasteiger partial charge in [0.25, 0.3) is 4.96 Å². The van der Waals surface area contributed by atoms with Crippen LogP contribution < -0.4 is 11.1 Å². The Morgan fingerprint density at radius 2 is 2.50 bits per heavy atom. The molecule has 2 aromatic rings. The second kappa shape index (κ2) is 5.32. The molecule has 0 saturated carbocycles. The second-order valence-corrected chi connectivity index (χ2v) is 4.84. The van der Waals surface area contributed by atoms with Gasteiger partial charge >= 0.3 is 5.82 Å². The first kappa shape index (κ1) is 12.8. The fourth-order valence-electron chi connectivity index (χ4n) is 1.84. The molecule has 98 valence electrons. The van der Waals surface area contributed by atoms with Gasteiger partial charge in [0.1, 0.15) is 6.20 Å². The van der Waals surface area contributed by atoms with E-state index in [0.717, 1.165) is 12.8 Å². The molecule has 0 bridgehead atoms. The van der Waals surface area contributed by atoms with Gasteiger partial charge in [-0.3, -0.25) is 0 Å². The third-order valence-electron chi connectivity index (χ3n) is 2.67. The molecule has 0 amide bonds. The topological polar surface area (TPSA) is 98.5 Å². The van der Waals surface area contributed by atoms with Crippen molar-refractivity contribution in [2.45, 2.75) is 25.8 Å². The lowest BCUT2D eigenvalue weighted by Gasteiger charge is -2.14. The van der Waals surface area contributed by atoms with E-state index < -0.39 is 4.92 Å². The van der Waals surface area contributed by atoms with Crippen LogP contribution in [-0.2, 0) is 0 Å². The number of hydrogen-bond acceptors (Lipinski definition) is 6. The predicted molar refractivity (Wildman–Crippen MR) is 71.1 cm³/mol. The largest absolute Gasteiger partial charge is 0.372 e. The van der Waals surface area contributed by atoms with E-state index in [1.54, 1.807) is 11.6 Å². The van der Waals surface area contributed by atoms with Crippen LogP contribution in [0.25, 0.3) is 4.96 Å². The van der Waals surface area contributed by atoms with E-state index in [1.807, 2.05) is 6.92 Å². The molecule has 3 N–H and O–H groups in total. The zero-order valence-electron chi connectivity index (χ0n) is 10.00. The highest BCUT2D eigenvalue weighted by Crippen LogP contribution is 2.28. The zero-order valence-corrected chi connectivity index (χ0v) is 10.8. The normalized spacial score (nSPS) is 12.8. The van der Waals surface area contributed by atoms with Gasteiger partial charge in [-0.25, -0.2) is 0 Å². The van der Waals surface area contributed by atoms with Crippen LogP contribution in [0.2, 0.25) is 0 Å². The van der Waals surface area contributed by atoms with E-state index in [4.69, 9.17) is 5.73 Å². The number of aromatic nitrogens is 2. The number of nitrogens with two attached hydrogens (primary N) is 1. The van der Waals surface area contributed by atoms with E-state index in [2.05, 4.69) is 10.3 Å². The van der Waals surface area contributed by atoms with Crippen molar-refractivity contribution in [1.29, 1.82) is 0 Å². The molecular weight excluding hydrogens is 254 g/mol. The number of hydrogen-bond donors (Lipinski definition) is 2. The van der Waals surface area contributed by atoms with Crippen LogP contribution >= 0.6 is 11.3 Å². The summed E-state index contributed by atoms with van der Waals surface area (Å²) in [6.07, 6.45) is 3.47. The molecule has 7 nitrogen and oxygen atoms in total. The minimum absolute atomic E-state index is 0.0123. The maximum Gasteiger partial charge on any atom is 0.372 e. The van der Waals surface area contributed by atoms with Gasteiger partial charge in [-0.05, 0) is 11.3 Å². The molecule has 0 fully saturated rings. The van der Waals surface area contributed by atoms with Crippen molar-refractivity contribution in [3.05, 3.63) is 21.7 Å². The molecule has 2 aromatic heterocycles. The monoisotopic (exact) mass is 269 g/mol. The zero-order chi connectivity index (χ0) is 13.1. The van der Waals surface area contributed by atoms with Gasteiger partial charge < -0.3 is 21.2 Å². The first-order valence-electron chi connectivity index (χ1n) is 5.74. The third-order valence-corrected chi connectivity index (χ3v) is 3.43. The van der Waals surface area contributed by atoms with Gasteiger partial charge in [0.2, 0.25) is 5.82 Å². The maximum absolute atomic E-state index is 11.1. The highest BCUT2D eigenvalue weighted by molar-refractivity contribution is 7.15. The fraction of sp³-hybridized carbons (Fsp3) is 0.500. The molecule has 2 heterocycles. The smallest absolute Gasteiger partial charge is 0.359 e. The Morgan fingerprint density at radius 1 is 1.72 bits per heavy atom. The predicted octanol–water partition coefficient (Wildman–Crippen LogP) is 1.84. The Hall–Kier alpha value is -1.67. The number of anilines is 1. The van der Waals surface area contributed by atoms with Gasteiger partial charge in [0.05, 0.1) is 0 Å². The van der Waals surface area contributed by atoms with Gasteiger partial charge in [-0.1, -0.05) is 24.7 Å². The molecule has 8 heteroatoms. The molecule has 1 atom stereocenters. The number of fused-ring (bicyclic) bond motifs is 1. The molecule has 0 saturated heterocycles. The molecular formula is C10H15N5O2S. The van der Waals surface area contributed by atoms with E-state index in [1.165, 1.54) is 15.7 Å². The highest BCUT2D eigenvalue weighted by atomic mass is 32.1. The molecule has 0 aliphatic carbocycles. The summed E-state index contributed by atoms with van der Waals surface area (Å²) in [5.74, 6) is 0.275. The van der Waals surface area contributed by atoms with E-state index in [0.29, 0.717) is 17.3 Å². The first-order chi connectivity index (χ1) is 8.67. The average molecular weight is 269 g/mol. The summed E-state index contributed by atoms with van der Waals surface area (Å²) in [5, 5.41) is 15.9. The summed E-state index contributed by atoms with van der Waals surface area (Å²) in [6.45, 7) is 2.47. The molecule has 0 aromatic carbocycles. The number of nitrogens with one attached hydrogen (secondary N) is 1. The first-order valence-corrected chi connectivity index (χ1v) is 6.61. The Labute approximate surface area is 108 Å². The van der Waals surface area contributed by atoms with Gasteiger partial charge in [0, 0.05) is 18.0 Å². The van der Waals surface area contributed by atoms with Crippen molar-refractivity contribution < 1.29 is 4.92 Å². The summed E-state index contributed by atoms with van der Waals surface area (Å²) in [7, 11) is 0. The lowest BCUT2D eigenvalue weighted by molar-refractivity contribution is -0.389. The number of imidazole rings is 1. The van der Waals surface area contributed by atoms with Crippen LogP contribution in [0.15, 0.2) is 11.6 Å². The van der Waals surface area contributed by atoms with Gasteiger partial charge in [-0.15, -0.1) is 0 Å². The van der Waals surface area contributed by atoms with Crippen molar-refractivity contribution in [2.24, 2.45) is 5.73 Å². The minimum atomic E-state index is -0.422. The number of rotatable bonds is 6. The molecule has 2 rings (SSSR count). The fourth-order valence-corrected chi connectivity index (χ4v) is 2.55. The Morgan fingerprint density at radius 3 is 3.11 bits per heavy atom. The summed E-state index contributed by atoms with van der Waals surface area (Å²) in [5.41, 5.74) is 5.64. The van der Waals surface area contributed by atoms with Crippen molar-refractivity contribution in [3.63, 3.8) is 0 Å². The Kier molecular flexibility index (Phi) is 3.78. The molecule has 0 aliphatic heterocycles. The molecule has 1 unspecified atom stereocenters. The van der Waals surface area contributed by atoms with Crippen LogP contribution in [0, 0.1) is 10.1 Å². The number of thiazole rings is 1. The maximum atomic E-state index is 11.1. The molecule has 0 radical (unpaired) electrons. The molecule has 0 aliphatic rings. The van der Waals surface area contributed by atoms with E-state index >= 15 is 0 Å². The highest BCUT2D eigenvalue weighted by Gasteiger charge is 2.24. The average Bonchev–Trinajstić information content (AvgIpc) is 2.87. The van der Waals surface area contributed by atoms with Gasteiger partial charge in [0.15, 0.2) is 0 Å². The second-order valence-electron chi connectivity index (χ2n) is 3.96. The van der Waals surface area contributed by atoms with Crippen molar-refractivity contribution in [1.82, 2.24) is 9.38 Å². The standard InChI is InChI=1S/C10H15N5O2S/c1-2-3-7(6-11)12-8-9(15(16)17)14-4-5-18-10(14)13-8/h4-5,7,12H,2-3,6,11H2,1H3. The Balaban J connectivity index is 2.34. The number of nitrogens with zero attached hydrogens (tertiary/aromatic N) is 3. The summed E-state index contributed by atoms with van der Waals surface area (Å²) >= 11 is 1.36. The van der Waals surface area contributed by atoms with Crippen molar-refractivity contribution >= 4 is 27.9 Å².